The van der Waals surface area contributed by atoms with Gasteiger partial charge in [-0.1, -0.05) is 0 Å². The lowest BCUT2D eigenvalue weighted by Gasteiger charge is -2.33. The van der Waals surface area contributed by atoms with E-state index in [1.165, 1.54) is 0 Å². The van der Waals surface area contributed by atoms with Gasteiger partial charge in [0.1, 0.15) is 11.9 Å². The quantitative estimate of drug-likeness (QED) is 0.806. The van der Waals surface area contributed by atoms with E-state index in [1.807, 2.05) is 24.3 Å². The molecule has 0 saturated carbocycles. The third-order valence-corrected chi connectivity index (χ3v) is 3.88. The zero-order valence-corrected chi connectivity index (χ0v) is 10.7. The third-order valence-electron chi connectivity index (χ3n) is 3.88. The largest absolute Gasteiger partial charge is 0.490 e. The van der Waals surface area contributed by atoms with Gasteiger partial charge in [-0.25, -0.2) is 0 Å². The molecule has 4 nitrogen and oxygen atoms in total. The standard InChI is InChI=1S/C14H20N2O2/c1-16-8-14-7-13(6-11(16)9-17-14)18-12-4-2-10(15)3-5-12/h2-5,11,13-14H,6-9,15H2,1H3/t11-,13-,14?/m0/s1. The van der Waals surface area contributed by atoms with E-state index < -0.39 is 0 Å². The van der Waals surface area contributed by atoms with Gasteiger partial charge in [0, 0.05) is 31.1 Å². The number of ether oxygens (including phenoxy) is 2. The van der Waals surface area contributed by atoms with Crippen LogP contribution in [-0.2, 0) is 4.74 Å². The van der Waals surface area contributed by atoms with Crippen molar-refractivity contribution in [2.75, 3.05) is 25.9 Å². The molecular formula is C14H20N2O2. The third kappa shape index (κ3) is 2.44. The molecule has 2 N–H and O–H groups in total. The molecule has 3 aliphatic rings. The van der Waals surface area contributed by atoms with Gasteiger partial charge in [-0.2, -0.15) is 0 Å². The summed E-state index contributed by atoms with van der Waals surface area (Å²) in [6.45, 7) is 1.86. The highest BCUT2D eigenvalue weighted by Crippen LogP contribution is 2.27. The molecule has 4 rings (SSSR count). The van der Waals surface area contributed by atoms with E-state index in [2.05, 4.69) is 11.9 Å². The topological polar surface area (TPSA) is 47.7 Å². The molecular weight excluding hydrogens is 228 g/mol. The monoisotopic (exact) mass is 248 g/mol. The van der Waals surface area contributed by atoms with Gasteiger partial charge in [0.2, 0.25) is 0 Å². The van der Waals surface area contributed by atoms with E-state index in [0.717, 1.165) is 37.4 Å². The second-order valence-electron chi connectivity index (χ2n) is 5.33. The smallest absolute Gasteiger partial charge is 0.119 e. The first-order valence-corrected chi connectivity index (χ1v) is 6.55. The highest BCUT2D eigenvalue weighted by atomic mass is 16.5. The Morgan fingerprint density at radius 3 is 2.78 bits per heavy atom. The van der Waals surface area contributed by atoms with Gasteiger partial charge in [-0.05, 0) is 31.3 Å². The number of benzene rings is 1. The maximum atomic E-state index is 6.06. The van der Waals surface area contributed by atoms with Crippen LogP contribution in [0, 0.1) is 0 Å². The number of likely N-dealkylation sites (N-methyl/N-ethyl adjacent to an activating group) is 1. The molecule has 2 bridgehead atoms. The Kier molecular flexibility index (Phi) is 3.14. The molecule has 1 aromatic carbocycles. The van der Waals surface area contributed by atoms with Crippen LogP contribution in [0.15, 0.2) is 24.3 Å². The van der Waals surface area contributed by atoms with Crippen molar-refractivity contribution in [3.8, 4) is 5.75 Å². The Balaban J connectivity index is 1.68. The van der Waals surface area contributed by atoms with Crippen LogP contribution in [0.3, 0.4) is 0 Å². The van der Waals surface area contributed by atoms with Gasteiger partial charge in [0.05, 0.1) is 12.7 Å². The summed E-state index contributed by atoms with van der Waals surface area (Å²) in [5.74, 6) is 0.901. The van der Waals surface area contributed by atoms with Gasteiger partial charge in [0.25, 0.3) is 0 Å². The molecule has 0 aromatic heterocycles. The van der Waals surface area contributed by atoms with Crippen molar-refractivity contribution in [3.05, 3.63) is 24.3 Å². The number of hydrogen-bond acceptors (Lipinski definition) is 4. The number of nitrogen functional groups attached to an aromatic ring is 1. The van der Waals surface area contributed by atoms with Crippen LogP contribution in [0.25, 0.3) is 0 Å². The lowest BCUT2D eigenvalue weighted by Crippen LogP contribution is -2.44. The van der Waals surface area contributed by atoms with Crippen molar-refractivity contribution in [1.82, 2.24) is 4.90 Å². The summed E-state index contributed by atoms with van der Waals surface area (Å²) < 4.78 is 11.9. The normalized spacial score (nSPS) is 32.2. The summed E-state index contributed by atoms with van der Waals surface area (Å²) in [5.41, 5.74) is 6.44. The Morgan fingerprint density at radius 1 is 1.28 bits per heavy atom. The number of hydrogen-bond donors (Lipinski definition) is 1. The van der Waals surface area contributed by atoms with Crippen molar-refractivity contribution in [1.29, 1.82) is 0 Å². The summed E-state index contributed by atoms with van der Waals surface area (Å²) in [6, 6.07) is 8.12. The van der Waals surface area contributed by atoms with E-state index in [1.54, 1.807) is 0 Å². The molecule has 3 aliphatic heterocycles. The van der Waals surface area contributed by atoms with Crippen LogP contribution in [0.2, 0.25) is 0 Å². The molecule has 0 aliphatic carbocycles. The minimum Gasteiger partial charge on any atom is -0.490 e. The zero-order chi connectivity index (χ0) is 12.5. The van der Waals surface area contributed by atoms with Gasteiger partial charge < -0.3 is 15.2 Å². The minimum atomic E-state index is 0.246. The van der Waals surface area contributed by atoms with Crippen molar-refractivity contribution in [3.63, 3.8) is 0 Å². The van der Waals surface area contributed by atoms with Crippen molar-refractivity contribution in [2.45, 2.75) is 31.1 Å². The molecule has 3 heterocycles. The van der Waals surface area contributed by atoms with Crippen LogP contribution in [0.5, 0.6) is 5.75 Å². The summed E-state index contributed by atoms with van der Waals surface area (Å²) in [7, 11) is 2.17. The maximum Gasteiger partial charge on any atom is 0.119 e. The maximum absolute atomic E-state index is 6.06. The van der Waals surface area contributed by atoms with Crippen LogP contribution < -0.4 is 10.5 Å². The molecule has 0 amide bonds. The van der Waals surface area contributed by atoms with Gasteiger partial charge in [-0.3, -0.25) is 4.90 Å². The van der Waals surface area contributed by atoms with Gasteiger partial charge in [-0.15, -0.1) is 0 Å². The molecule has 0 radical (unpaired) electrons. The van der Waals surface area contributed by atoms with E-state index >= 15 is 0 Å². The molecule has 1 aromatic rings. The Bertz CT molecular complexity index is 407. The fourth-order valence-electron chi connectivity index (χ4n) is 2.82. The van der Waals surface area contributed by atoms with Crippen molar-refractivity contribution in [2.24, 2.45) is 0 Å². The molecule has 1 unspecified atom stereocenters. The number of nitrogens with zero attached hydrogens (tertiary/aromatic N) is 1. The van der Waals surface area contributed by atoms with Crippen LogP contribution in [-0.4, -0.2) is 43.3 Å². The van der Waals surface area contributed by atoms with Crippen LogP contribution in [0.1, 0.15) is 12.8 Å². The second-order valence-corrected chi connectivity index (χ2v) is 5.33. The fourth-order valence-corrected chi connectivity index (χ4v) is 2.82. The number of anilines is 1. The molecule has 3 saturated heterocycles. The fraction of sp³-hybridized carbons (Fsp3) is 0.571. The first-order chi connectivity index (χ1) is 8.70. The SMILES string of the molecule is CN1CC2C[C@@H](Oc3ccc(N)cc3)C[C@H]1CO2. The Labute approximate surface area is 108 Å². The van der Waals surface area contributed by atoms with E-state index in [9.17, 15) is 0 Å². The Hall–Kier alpha value is -1.26. The number of morpholine rings is 1. The zero-order valence-electron chi connectivity index (χ0n) is 10.7. The molecule has 18 heavy (non-hydrogen) atoms. The first kappa shape index (κ1) is 11.8. The van der Waals surface area contributed by atoms with Crippen LogP contribution >= 0.6 is 0 Å². The molecule has 0 spiro atoms. The minimum absolute atomic E-state index is 0.246. The predicted molar refractivity (Wildman–Crippen MR) is 70.7 cm³/mol. The summed E-state index contributed by atoms with van der Waals surface area (Å²) in [6.07, 6.45) is 2.58. The average molecular weight is 248 g/mol. The summed E-state index contributed by atoms with van der Waals surface area (Å²) in [5, 5.41) is 0. The van der Waals surface area contributed by atoms with E-state index in [4.69, 9.17) is 15.2 Å². The average Bonchev–Trinajstić information content (AvgIpc) is 2.62. The lowest BCUT2D eigenvalue weighted by molar-refractivity contribution is -0.0402. The van der Waals surface area contributed by atoms with Gasteiger partial charge in [0.15, 0.2) is 0 Å². The molecule has 4 heteroatoms. The van der Waals surface area contributed by atoms with Crippen molar-refractivity contribution >= 4 is 5.69 Å². The molecule has 98 valence electrons. The first-order valence-electron chi connectivity index (χ1n) is 6.55. The number of rotatable bonds is 2. The summed E-state index contributed by atoms with van der Waals surface area (Å²) in [4.78, 5) is 2.39. The highest BCUT2D eigenvalue weighted by molar-refractivity contribution is 5.41. The number of nitrogens with two attached hydrogens (primary N) is 1. The molecule has 3 atom stereocenters. The van der Waals surface area contributed by atoms with E-state index in [0.29, 0.717) is 12.1 Å². The Morgan fingerprint density at radius 2 is 2.06 bits per heavy atom. The van der Waals surface area contributed by atoms with Crippen molar-refractivity contribution < 1.29 is 9.47 Å². The molecule has 3 fully saturated rings. The van der Waals surface area contributed by atoms with Gasteiger partial charge >= 0.3 is 0 Å². The number of fused-ring (bicyclic) bond motifs is 4. The second kappa shape index (κ2) is 4.78. The van der Waals surface area contributed by atoms with E-state index in [-0.39, 0.29) is 6.10 Å². The highest BCUT2D eigenvalue weighted by Gasteiger charge is 2.35. The lowest BCUT2D eigenvalue weighted by atomic mass is 10.1. The summed E-state index contributed by atoms with van der Waals surface area (Å²) >= 11 is 0. The van der Waals surface area contributed by atoms with Crippen LogP contribution in [0.4, 0.5) is 5.69 Å². The predicted octanol–water partition coefficient (Wildman–Crippen LogP) is 1.51.